The Balaban J connectivity index is 2.60. The molecule has 1 saturated heterocycles. The molecule has 14 heavy (non-hydrogen) atoms. The highest BCUT2D eigenvalue weighted by Crippen LogP contribution is 2.40. The number of aliphatic hydroxyl groups excluding tert-OH is 2. The number of hydrogen-bond donors (Lipinski definition) is 4. The van der Waals surface area contributed by atoms with E-state index in [-0.39, 0.29) is 6.61 Å². The van der Waals surface area contributed by atoms with Crippen LogP contribution in [-0.4, -0.2) is 52.9 Å². The third-order valence-electron chi connectivity index (χ3n) is 1.82. The lowest BCUT2D eigenvalue weighted by Gasteiger charge is -2.35. The number of ether oxygens (including phenoxy) is 1. The van der Waals surface area contributed by atoms with E-state index in [1.807, 2.05) is 0 Å². The fraction of sp³-hybridized carbons (Fsp3) is 1.00. The van der Waals surface area contributed by atoms with Crippen LogP contribution in [0.3, 0.4) is 0 Å². The Kier molecular flexibility index (Phi) is 3.65. The van der Waals surface area contributed by atoms with Gasteiger partial charge in [-0.15, -0.1) is 0 Å². The van der Waals surface area contributed by atoms with Crippen LogP contribution in [0, 0.1) is 0 Å². The lowest BCUT2D eigenvalue weighted by Crippen LogP contribution is -2.56. The average molecular weight is 227 g/mol. The van der Waals surface area contributed by atoms with E-state index in [1.165, 1.54) is 0 Å². The summed E-state index contributed by atoms with van der Waals surface area (Å²) in [5, 5.41) is 18.7. The van der Waals surface area contributed by atoms with Crippen molar-refractivity contribution < 1.29 is 28.9 Å². The Labute approximate surface area is 81.0 Å². The monoisotopic (exact) mass is 227 g/mol. The average Bonchev–Trinajstić information content (AvgIpc) is 2.04. The van der Waals surface area contributed by atoms with Gasteiger partial charge in [-0.1, -0.05) is 0 Å². The van der Waals surface area contributed by atoms with Crippen LogP contribution in [0.1, 0.15) is 0 Å². The summed E-state index contributed by atoms with van der Waals surface area (Å²) >= 11 is 0. The van der Waals surface area contributed by atoms with E-state index < -0.39 is 32.1 Å². The van der Waals surface area contributed by atoms with Crippen molar-refractivity contribution in [1.82, 2.24) is 0 Å². The van der Waals surface area contributed by atoms with Crippen molar-refractivity contribution in [2.75, 3.05) is 13.3 Å². The van der Waals surface area contributed by atoms with Gasteiger partial charge in [-0.05, 0) is 0 Å². The largest absolute Gasteiger partial charge is 0.388 e. The van der Waals surface area contributed by atoms with E-state index in [9.17, 15) is 14.8 Å². The SMILES string of the molecule is CP(=O)(O)O[C@H]1OC[C@H](N)C(O)[C@@H]1O. The van der Waals surface area contributed by atoms with Crippen molar-refractivity contribution in [3.8, 4) is 0 Å². The number of nitrogens with two attached hydrogens (primary N) is 1. The summed E-state index contributed by atoms with van der Waals surface area (Å²) in [5.41, 5.74) is 5.37. The minimum absolute atomic E-state index is 0.0388. The molecule has 7 nitrogen and oxygen atoms in total. The Morgan fingerprint density at radius 1 is 1.50 bits per heavy atom. The zero-order chi connectivity index (χ0) is 10.9. The first-order valence-corrected chi connectivity index (χ1v) is 6.06. The predicted molar refractivity (Wildman–Crippen MR) is 46.6 cm³/mol. The molecule has 2 unspecified atom stereocenters. The molecule has 1 heterocycles. The van der Waals surface area contributed by atoms with Crippen molar-refractivity contribution in [2.24, 2.45) is 5.73 Å². The summed E-state index contributed by atoms with van der Waals surface area (Å²) in [6.07, 6.45) is -3.95. The maximum atomic E-state index is 10.8. The highest BCUT2D eigenvalue weighted by Gasteiger charge is 2.39. The first kappa shape index (κ1) is 12.1. The predicted octanol–water partition coefficient (Wildman–Crippen LogP) is -1.78. The topological polar surface area (TPSA) is 122 Å². The zero-order valence-electron chi connectivity index (χ0n) is 7.61. The van der Waals surface area contributed by atoms with Gasteiger partial charge in [0.1, 0.15) is 12.2 Å². The van der Waals surface area contributed by atoms with Gasteiger partial charge in [-0.2, -0.15) is 0 Å². The van der Waals surface area contributed by atoms with Crippen LogP contribution in [-0.2, 0) is 13.8 Å². The molecule has 1 rings (SSSR count). The molecular weight excluding hydrogens is 213 g/mol. The number of aliphatic hydroxyl groups is 2. The van der Waals surface area contributed by atoms with E-state index in [0.717, 1.165) is 6.66 Å². The summed E-state index contributed by atoms with van der Waals surface area (Å²) in [5.74, 6) is 0. The first-order chi connectivity index (χ1) is 6.31. The normalized spacial score (nSPS) is 43.2. The van der Waals surface area contributed by atoms with E-state index in [2.05, 4.69) is 4.52 Å². The Morgan fingerprint density at radius 2 is 2.07 bits per heavy atom. The van der Waals surface area contributed by atoms with Gasteiger partial charge < -0.3 is 25.6 Å². The number of rotatable bonds is 2. The summed E-state index contributed by atoms with van der Waals surface area (Å²) < 4.78 is 20.2. The molecule has 0 aromatic rings. The molecule has 84 valence electrons. The van der Waals surface area contributed by atoms with Gasteiger partial charge in [-0.3, -0.25) is 9.09 Å². The second kappa shape index (κ2) is 4.24. The van der Waals surface area contributed by atoms with Gasteiger partial charge >= 0.3 is 7.60 Å². The molecule has 0 radical (unpaired) electrons. The molecule has 1 aliphatic rings. The summed E-state index contributed by atoms with van der Waals surface area (Å²) in [6.45, 7) is 0.924. The molecule has 0 bridgehead atoms. The second-order valence-corrected chi connectivity index (χ2v) is 5.07. The van der Waals surface area contributed by atoms with E-state index in [4.69, 9.17) is 15.4 Å². The third kappa shape index (κ3) is 2.99. The van der Waals surface area contributed by atoms with Crippen LogP contribution in [0.15, 0.2) is 0 Å². The van der Waals surface area contributed by atoms with Crippen molar-refractivity contribution >= 4 is 7.60 Å². The molecule has 5 N–H and O–H groups in total. The molecule has 0 spiro atoms. The minimum Gasteiger partial charge on any atom is -0.388 e. The van der Waals surface area contributed by atoms with Crippen molar-refractivity contribution in [2.45, 2.75) is 24.5 Å². The standard InChI is InChI=1S/C6H14NO6P/c1-14(10,11)13-6-5(9)4(8)3(7)2-12-6/h3-6,8-9H,2,7H2,1H3,(H,10,11)/t3-,4?,5-,6+/m0/s1. The lowest BCUT2D eigenvalue weighted by molar-refractivity contribution is -0.215. The molecule has 0 aromatic carbocycles. The second-order valence-electron chi connectivity index (χ2n) is 3.26. The van der Waals surface area contributed by atoms with Crippen LogP contribution < -0.4 is 5.73 Å². The van der Waals surface area contributed by atoms with Gasteiger partial charge in [0, 0.05) is 6.66 Å². The lowest BCUT2D eigenvalue weighted by atomic mass is 10.0. The van der Waals surface area contributed by atoms with E-state index >= 15 is 0 Å². The van der Waals surface area contributed by atoms with Crippen molar-refractivity contribution in [1.29, 1.82) is 0 Å². The Morgan fingerprint density at radius 3 is 2.57 bits per heavy atom. The van der Waals surface area contributed by atoms with Crippen LogP contribution in [0.5, 0.6) is 0 Å². The van der Waals surface area contributed by atoms with Gasteiger partial charge in [0.05, 0.1) is 12.6 Å². The van der Waals surface area contributed by atoms with Crippen molar-refractivity contribution in [3.63, 3.8) is 0 Å². The maximum absolute atomic E-state index is 10.8. The van der Waals surface area contributed by atoms with E-state index in [1.54, 1.807) is 0 Å². The van der Waals surface area contributed by atoms with Gasteiger partial charge in [-0.25, -0.2) is 0 Å². The fourth-order valence-corrected chi connectivity index (χ4v) is 1.67. The molecule has 1 aliphatic heterocycles. The summed E-state index contributed by atoms with van der Waals surface area (Å²) in [7, 11) is -3.75. The fourth-order valence-electron chi connectivity index (χ4n) is 1.10. The number of hydrogen-bond acceptors (Lipinski definition) is 6. The Bertz CT molecular complexity index is 242. The highest BCUT2D eigenvalue weighted by atomic mass is 31.2. The van der Waals surface area contributed by atoms with Gasteiger partial charge in [0.2, 0.25) is 0 Å². The maximum Gasteiger partial charge on any atom is 0.327 e. The molecule has 5 atom stereocenters. The molecular formula is C6H14NO6P. The third-order valence-corrected chi connectivity index (χ3v) is 2.42. The molecule has 0 amide bonds. The molecule has 8 heteroatoms. The van der Waals surface area contributed by atoms with Gasteiger partial charge in [0.25, 0.3) is 0 Å². The molecule has 1 fully saturated rings. The first-order valence-electron chi connectivity index (χ1n) is 4.03. The smallest absolute Gasteiger partial charge is 0.327 e. The van der Waals surface area contributed by atoms with Crippen LogP contribution in [0.4, 0.5) is 0 Å². The van der Waals surface area contributed by atoms with Crippen LogP contribution in [0.25, 0.3) is 0 Å². The Hall–Kier alpha value is -0.0100. The molecule has 0 saturated carbocycles. The molecule has 0 aliphatic carbocycles. The minimum atomic E-state index is -3.75. The zero-order valence-corrected chi connectivity index (χ0v) is 8.50. The van der Waals surface area contributed by atoms with E-state index in [0.29, 0.717) is 0 Å². The highest BCUT2D eigenvalue weighted by molar-refractivity contribution is 7.51. The summed E-state index contributed by atoms with van der Waals surface area (Å²) in [4.78, 5) is 8.87. The van der Waals surface area contributed by atoms with Gasteiger partial charge in [0.15, 0.2) is 6.29 Å². The summed E-state index contributed by atoms with van der Waals surface area (Å²) in [6, 6.07) is -0.722. The quantitative estimate of drug-likeness (QED) is 0.411. The van der Waals surface area contributed by atoms with Crippen LogP contribution in [0.2, 0.25) is 0 Å². The molecule has 0 aromatic heterocycles. The van der Waals surface area contributed by atoms with Crippen molar-refractivity contribution in [3.05, 3.63) is 0 Å². The van der Waals surface area contributed by atoms with Crippen LogP contribution >= 0.6 is 7.60 Å².